The van der Waals surface area contributed by atoms with Crippen molar-refractivity contribution in [3.05, 3.63) is 44.9 Å². The average molecular weight is 367 g/mol. The largest absolute Gasteiger partial charge is 0.453 e. The Morgan fingerprint density at radius 2 is 2.00 bits per heavy atom. The fraction of sp³-hybridized carbons (Fsp3) is 0.412. The number of carbonyl (C=O) groups excluding carboxylic acids is 1. The van der Waals surface area contributed by atoms with Gasteiger partial charge in [0.05, 0.1) is 26.0 Å². The zero-order chi connectivity index (χ0) is 18.1. The monoisotopic (exact) mass is 367 g/mol. The van der Waals surface area contributed by atoms with Crippen LogP contribution in [0.2, 0.25) is 0 Å². The minimum absolute atomic E-state index is 0.106. The molecule has 24 heavy (non-hydrogen) atoms. The predicted molar refractivity (Wildman–Crippen MR) is 94.3 cm³/mol. The van der Waals surface area contributed by atoms with Crippen LogP contribution >= 0.6 is 11.3 Å². The van der Waals surface area contributed by atoms with Crippen molar-refractivity contribution >= 4 is 27.1 Å². The molecule has 1 atom stereocenters. The number of ether oxygens (including phenoxy) is 1. The van der Waals surface area contributed by atoms with Gasteiger partial charge in [-0.1, -0.05) is 13.0 Å². The standard InChI is InChI=1S/C17H21NO4S2/c1-6-15-18-11(3)16(23-15)12(4)22-17(19)14-9-13(24(5,20)21)8-7-10(14)2/h7-9,12H,6H2,1-5H3/t12-/m0/s1. The van der Waals surface area contributed by atoms with E-state index >= 15 is 0 Å². The van der Waals surface area contributed by atoms with Crippen LogP contribution < -0.4 is 0 Å². The maximum Gasteiger partial charge on any atom is 0.339 e. The highest BCUT2D eigenvalue weighted by Crippen LogP contribution is 2.29. The number of nitrogens with zero attached hydrogens (tertiary/aromatic N) is 1. The summed E-state index contributed by atoms with van der Waals surface area (Å²) < 4.78 is 28.9. The van der Waals surface area contributed by atoms with E-state index in [4.69, 9.17) is 4.74 Å². The quantitative estimate of drug-likeness (QED) is 0.754. The van der Waals surface area contributed by atoms with Gasteiger partial charge in [0.1, 0.15) is 6.10 Å². The molecule has 0 radical (unpaired) electrons. The number of sulfone groups is 1. The molecule has 1 aromatic carbocycles. The van der Waals surface area contributed by atoms with Crippen LogP contribution in [0.15, 0.2) is 23.1 Å². The molecule has 5 nitrogen and oxygen atoms in total. The van der Waals surface area contributed by atoms with Crippen molar-refractivity contribution in [2.24, 2.45) is 0 Å². The zero-order valence-corrected chi connectivity index (χ0v) is 16.0. The van der Waals surface area contributed by atoms with Crippen molar-refractivity contribution < 1.29 is 17.9 Å². The lowest BCUT2D eigenvalue weighted by molar-refractivity contribution is 0.0342. The van der Waals surface area contributed by atoms with Crippen molar-refractivity contribution in [3.8, 4) is 0 Å². The van der Waals surface area contributed by atoms with Gasteiger partial charge in [-0.15, -0.1) is 11.3 Å². The van der Waals surface area contributed by atoms with Crippen LogP contribution in [0.4, 0.5) is 0 Å². The lowest BCUT2D eigenvalue weighted by Gasteiger charge is -2.14. The number of aryl methyl sites for hydroxylation is 3. The Kier molecular flexibility index (Phi) is 5.45. The van der Waals surface area contributed by atoms with Gasteiger partial charge in [-0.05, 0) is 44.9 Å². The van der Waals surface area contributed by atoms with Gasteiger partial charge in [-0.25, -0.2) is 18.2 Å². The molecule has 2 aromatic rings. The van der Waals surface area contributed by atoms with Gasteiger partial charge in [0.25, 0.3) is 0 Å². The van der Waals surface area contributed by atoms with Gasteiger partial charge in [0.15, 0.2) is 9.84 Å². The molecule has 0 aliphatic rings. The number of benzene rings is 1. The van der Waals surface area contributed by atoms with E-state index in [-0.39, 0.29) is 10.5 Å². The molecule has 0 aliphatic heterocycles. The molecule has 1 heterocycles. The third-order valence-electron chi connectivity index (χ3n) is 3.69. The van der Waals surface area contributed by atoms with E-state index in [9.17, 15) is 13.2 Å². The molecular formula is C17H21NO4S2. The molecule has 2 rings (SSSR count). The van der Waals surface area contributed by atoms with E-state index < -0.39 is 21.9 Å². The fourth-order valence-corrected chi connectivity index (χ4v) is 3.96. The molecular weight excluding hydrogens is 346 g/mol. The maximum absolute atomic E-state index is 12.5. The second kappa shape index (κ2) is 7.03. The highest BCUT2D eigenvalue weighted by molar-refractivity contribution is 7.90. The van der Waals surface area contributed by atoms with Crippen LogP contribution in [0.25, 0.3) is 0 Å². The smallest absolute Gasteiger partial charge is 0.339 e. The summed E-state index contributed by atoms with van der Waals surface area (Å²) in [4.78, 5) is 17.9. The molecule has 0 bridgehead atoms. The van der Waals surface area contributed by atoms with Crippen LogP contribution in [0.3, 0.4) is 0 Å². The minimum atomic E-state index is -3.38. The molecule has 0 spiro atoms. The molecule has 0 fully saturated rings. The third-order valence-corrected chi connectivity index (χ3v) is 6.26. The van der Waals surface area contributed by atoms with Crippen LogP contribution in [0.5, 0.6) is 0 Å². The number of esters is 1. The summed E-state index contributed by atoms with van der Waals surface area (Å²) >= 11 is 1.53. The lowest BCUT2D eigenvalue weighted by Crippen LogP contribution is -2.11. The molecule has 0 saturated heterocycles. The zero-order valence-electron chi connectivity index (χ0n) is 14.4. The SMILES string of the molecule is CCc1nc(C)c([C@H](C)OC(=O)c2cc(S(C)(=O)=O)ccc2C)s1. The topological polar surface area (TPSA) is 73.3 Å². The number of carbonyl (C=O) groups is 1. The molecule has 1 aromatic heterocycles. The fourth-order valence-electron chi connectivity index (χ4n) is 2.32. The normalized spacial score (nSPS) is 12.9. The van der Waals surface area contributed by atoms with Crippen molar-refractivity contribution in [2.45, 2.75) is 45.1 Å². The molecule has 0 amide bonds. The summed E-state index contributed by atoms with van der Waals surface area (Å²) in [6, 6.07) is 4.48. The van der Waals surface area contributed by atoms with E-state index in [1.165, 1.54) is 23.5 Å². The lowest BCUT2D eigenvalue weighted by atomic mass is 10.1. The summed E-state index contributed by atoms with van der Waals surface area (Å²) in [6.07, 6.45) is 1.51. The average Bonchev–Trinajstić information content (AvgIpc) is 2.87. The highest BCUT2D eigenvalue weighted by Gasteiger charge is 2.21. The highest BCUT2D eigenvalue weighted by atomic mass is 32.2. The summed E-state index contributed by atoms with van der Waals surface area (Å²) in [6.45, 7) is 7.47. The molecule has 0 unspecified atom stereocenters. The van der Waals surface area contributed by atoms with E-state index in [0.717, 1.165) is 28.3 Å². The van der Waals surface area contributed by atoms with Gasteiger partial charge >= 0.3 is 5.97 Å². The molecule has 7 heteroatoms. The first kappa shape index (κ1) is 18.6. The molecule has 0 saturated carbocycles. The number of rotatable bonds is 5. The van der Waals surface area contributed by atoms with Gasteiger partial charge in [-0.2, -0.15) is 0 Å². The molecule has 130 valence electrons. The van der Waals surface area contributed by atoms with Crippen LogP contribution in [0, 0.1) is 13.8 Å². The second-order valence-corrected chi connectivity index (χ2v) is 8.84. The summed E-state index contributed by atoms with van der Waals surface area (Å²) in [5, 5.41) is 1.00. The Hall–Kier alpha value is -1.73. The maximum atomic E-state index is 12.5. The van der Waals surface area contributed by atoms with Crippen molar-refractivity contribution in [2.75, 3.05) is 6.26 Å². The van der Waals surface area contributed by atoms with Crippen LogP contribution in [-0.2, 0) is 21.0 Å². The molecule has 0 aliphatic carbocycles. The van der Waals surface area contributed by atoms with E-state index in [0.29, 0.717) is 5.56 Å². The summed E-state index contributed by atoms with van der Waals surface area (Å²) in [5.74, 6) is -0.531. The predicted octanol–water partition coefficient (Wildman–Crippen LogP) is 3.64. The Morgan fingerprint density at radius 1 is 1.33 bits per heavy atom. The van der Waals surface area contributed by atoms with Crippen molar-refractivity contribution in [1.82, 2.24) is 4.98 Å². The second-order valence-electron chi connectivity index (χ2n) is 5.71. The number of hydrogen-bond donors (Lipinski definition) is 0. The van der Waals surface area contributed by atoms with Crippen molar-refractivity contribution in [3.63, 3.8) is 0 Å². The van der Waals surface area contributed by atoms with E-state index in [1.807, 2.05) is 13.8 Å². The Labute approximate surface area is 146 Å². The Morgan fingerprint density at radius 3 is 2.54 bits per heavy atom. The number of aromatic nitrogens is 1. The first-order chi connectivity index (χ1) is 11.1. The number of thiazole rings is 1. The Balaban J connectivity index is 2.27. The molecule has 0 N–H and O–H groups in total. The third kappa shape index (κ3) is 4.02. The van der Waals surface area contributed by atoms with Gasteiger partial charge in [-0.3, -0.25) is 0 Å². The van der Waals surface area contributed by atoms with Gasteiger partial charge < -0.3 is 4.74 Å². The summed E-state index contributed by atoms with van der Waals surface area (Å²) in [5.41, 5.74) is 1.80. The van der Waals surface area contributed by atoms with E-state index in [1.54, 1.807) is 19.9 Å². The first-order valence-corrected chi connectivity index (χ1v) is 10.3. The summed E-state index contributed by atoms with van der Waals surface area (Å²) in [7, 11) is -3.38. The number of hydrogen-bond acceptors (Lipinski definition) is 6. The first-order valence-electron chi connectivity index (χ1n) is 7.61. The van der Waals surface area contributed by atoms with Crippen molar-refractivity contribution in [1.29, 1.82) is 0 Å². The van der Waals surface area contributed by atoms with Crippen LogP contribution in [-0.4, -0.2) is 25.6 Å². The van der Waals surface area contributed by atoms with E-state index in [2.05, 4.69) is 4.98 Å². The minimum Gasteiger partial charge on any atom is -0.453 e. The van der Waals surface area contributed by atoms with Gasteiger partial charge in [0, 0.05) is 6.26 Å². The van der Waals surface area contributed by atoms with Gasteiger partial charge in [0.2, 0.25) is 0 Å². The van der Waals surface area contributed by atoms with Crippen LogP contribution in [0.1, 0.15) is 51.5 Å². The Bertz CT molecular complexity index is 869.